The minimum Gasteiger partial charge on any atom is -0.456 e. The molecule has 2 N–H and O–H groups in total. The number of allylic oxidation sites excluding steroid dienone is 2. The molecule has 0 radical (unpaired) electrons. The third-order valence-electron chi connectivity index (χ3n) is 11.6. The first-order valence-corrected chi connectivity index (χ1v) is 19.1. The lowest BCUT2D eigenvalue weighted by Crippen LogP contribution is -2.60. The molecule has 4 fully saturated rings. The molecule has 13 heteroatoms. The van der Waals surface area contributed by atoms with E-state index in [1.165, 1.54) is 27.0 Å². The zero-order valence-corrected chi connectivity index (χ0v) is 32.1. The Morgan fingerprint density at radius 3 is 2.49 bits per heavy atom. The van der Waals surface area contributed by atoms with E-state index in [9.17, 15) is 29.1 Å². The highest BCUT2D eigenvalue weighted by Gasteiger charge is 2.62. The maximum Gasteiger partial charge on any atom is 0.331 e. The number of hydrogen-bond acceptors (Lipinski definition) is 12. The van der Waals surface area contributed by atoms with Crippen molar-refractivity contribution in [2.75, 3.05) is 0 Å². The van der Waals surface area contributed by atoms with Crippen LogP contribution < -0.4 is 5.32 Å². The lowest BCUT2D eigenvalue weighted by molar-refractivity contribution is -0.344. The number of esters is 2. The molecule has 0 saturated carbocycles. The molecule has 0 aromatic carbocycles. The van der Waals surface area contributed by atoms with E-state index in [-0.39, 0.29) is 60.8 Å². The third-order valence-corrected chi connectivity index (χ3v) is 11.6. The Morgan fingerprint density at radius 2 is 1.77 bits per heavy atom. The van der Waals surface area contributed by atoms with Crippen molar-refractivity contribution in [1.29, 1.82) is 0 Å². The number of fused-ring (bicyclic) bond motifs is 2. The summed E-state index contributed by atoms with van der Waals surface area (Å²) in [7, 11) is 0. The quantitative estimate of drug-likeness (QED) is 0.213. The number of amides is 1. The van der Waals surface area contributed by atoms with Crippen LogP contribution in [0.1, 0.15) is 113 Å². The molecule has 0 unspecified atom stereocenters. The monoisotopic (exact) mass is 743 g/mol. The maximum atomic E-state index is 13.6. The minimum atomic E-state index is -1.86. The second-order valence-corrected chi connectivity index (χ2v) is 15.9. The van der Waals surface area contributed by atoms with Gasteiger partial charge in [0.25, 0.3) is 0 Å². The van der Waals surface area contributed by atoms with Gasteiger partial charge in [-0.15, -0.1) is 0 Å². The van der Waals surface area contributed by atoms with Crippen molar-refractivity contribution in [3.8, 4) is 0 Å². The van der Waals surface area contributed by atoms with Gasteiger partial charge < -0.3 is 38.8 Å². The smallest absolute Gasteiger partial charge is 0.331 e. The van der Waals surface area contributed by atoms with E-state index in [0.29, 0.717) is 44.9 Å². The summed E-state index contributed by atoms with van der Waals surface area (Å²) in [6.45, 7) is 11.9. The number of epoxide rings is 1. The first kappa shape index (κ1) is 40.9. The molecule has 7 aliphatic heterocycles. The fraction of sp³-hybridized carbons (Fsp3) is 0.725. The third kappa shape index (κ3) is 9.54. The standard InChI is InChI=1S/C40H57NO12/c1-8-12-33(45)41-18-11-9-10-13-30-29(44)19-23(2)28(43)22-27-20-25(4)40(51-27)17-16-38(6)32(53-40)15-14-31(52-38)35-36(50-35)37(48-26(5)42)39(7,47)24(3)21-34(46)49-30/h9-11,18,21,23,25,27,30-32,35-37,47H,8,12-17,19-20,22H2,1-7H3,(H,41,45)/b10-9+,18-11-,24-21-/t23-,25-,27+,30-,31-,32+,35-,36-,37+,38-,39+,40+/m0/s1. The summed E-state index contributed by atoms with van der Waals surface area (Å²) in [6.07, 6.45) is 7.07. The number of hydrogen-bond donors (Lipinski definition) is 2. The van der Waals surface area contributed by atoms with Gasteiger partial charge in [0.05, 0.1) is 23.9 Å². The van der Waals surface area contributed by atoms with Crippen molar-refractivity contribution >= 4 is 29.4 Å². The molecule has 5 bridgehead atoms. The van der Waals surface area contributed by atoms with Gasteiger partial charge in [0.2, 0.25) is 5.91 Å². The Morgan fingerprint density at radius 1 is 1.02 bits per heavy atom. The predicted octanol–water partition coefficient (Wildman–Crippen LogP) is 4.48. The van der Waals surface area contributed by atoms with Crippen molar-refractivity contribution in [2.24, 2.45) is 11.8 Å². The number of ketones is 2. The molecule has 0 aromatic heterocycles. The predicted molar refractivity (Wildman–Crippen MR) is 191 cm³/mol. The van der Waals surface area contributed by atoms with E-state index in [4.69, 9.17) is 28.4 Å². The van der Waals surface area contributed by atoms with Crippen LogP contribution in [-0.2, 0) is 52.4 Å². The van der Waals surface area contributed by atoms with Crippen LogP contribution >= 0.6 is 0 Å². The molecule has 7 rings (SSSR count). The SMILES string of the molecule is CCCC(=O)N/C=C\C=C\C[C@@H]1OC(=O)/C=C(/C)[C@@](C)(O)[C@H](OC(C)=O)[C@H]2O[C@H]2[C@@H]2CC[C@H]3O[C@@]4(CC[C@]3(C)O2)O[C@@H](CC(=O)[C@@H](C)CC1=O)C[C@@H]4C. The Labute approximate surface area is 312 Å². The van der Waals surface area contributed by atoms with E-state index in [2.05, 4.69) is 12.2 Å². The number of nitrogens with one attached hydrogen (secondary N) is 1. The Bertz CT molecular complexity index is 1500. The lowest BCUT2D eigenvalue weighted by Gasteiger charge is -2.53. The summed E-state index contributed by atoms with van der Waals surface area (Å²) in [5.41, 5.74) is -2.35. The Kier molecular flexibility index (Phi) is 12.9. The van der Waals surface area contributed by atoms with Gasteiger partial charge in [-0.25, -0.2) is 4.79 Å². The van der Waals surface area contributed by atoms with Gasteiger partial charge in [0, 0.05) is 63.1 Å². The summed E-state index contributed by atoms with van der Waals surface area (Å²) in [5.74, 6) is -3.70. The van der Waals surface area contributed by atoms with Crippen LogP contribution in [0.4, 0.5) is 0 Å². The van der Waals surface area contributed by atoms with Crippen LogP contribution in [0, 0.1) is 11.8 Å². The topological polar surface area (TPSA) is 176 Å². The zero-order chi connectivity index (χ0) is 38.7. The minimum absolute atomic E-state index is 0.000260. The molecule has 7 aliphatic rings. The van der Waals surface area contributed by atoms with Crippen molar-refractivity contribution in [3.63, 3.8) is 0 Å². The fourth-order valence-electron chi connectivity index (χ4n) is 8.13. The number of carbonyl (C=O) groups excluding carboxylic acids is 5. The van der Waals surface area contributed by atoms with E-state index < -0.39 is 65.0 Å². The van der Waals surface area contributed by atoms with Crippen molar-refractivity contribution < 1.29 is 57.5 Å². The Hall–Kier alpha value is -3.23. The molecule has 1 amide bonds. The highest BCUT2D eigenvalue weighted by atomic mass is 16.7. The van der Waals surface area contributed by atoms with Crippen LogP contribution in [0.25, 0.3) is 0 Å². The summed E-state index contributed by atoms with van der Waals surface area (Å²) in [6, 6.07) is 0. The molecule has 0 aliphatic carbocycles. The number of Topliss-reactive ketones (excluding diaryl/α,β-unsaturated/α-hetero) is 2. The van der Waals surface area contributed by atoms with E-state index >= 15 is 0 Å². The zero-order valence-electron chi connectivity index (χ0n) is 32.1. The second kappa shape index (κ2) is 16.6. The normalized spacial score (nSPS) is 42.0. The van der Waals surface area contributed by atoms with Gasteiger partial charge in [-0.1, -0.05) is 32.9 Å². The molecule has 294 valence electrons. The first-order valence-electron chi connectivity index (χ1n) is 19.1. The maximum absolute atomic E-state index is 13.6. The van der Waals surface area contributed by atoms with Crippen molar-refractivity contribution in [2.45, 2.75) is 172 Å². The molecule has 13 nitrogen and oxygen atoms in total. The van der Waals surface area contributed by atoms with Gasteiger partial charge in [-0.3, -0.25) is 19.2 Å². The van der Waals surface area contributed by atoms with Crippen molar-refractivity contribution in [3.05, 3.63) is 36.1 Å². The largest absolute Gasteiger partial charge is 0.456 e. The second-order valence-electron chi connectivity index (χ2n) is 15.9. The molecule has 12 atom stereocenters. The average Bonchev–Trinajstić information content (AvgIpc) is 3.82. The van der Waals surface area contributed by atoms with Crippen LogP contribution in [0.2, 0.25) is 0 Å². The van der Waals surface area contributed by atoms with Gasteiger partial charge in [0.1, 0.15) is 23.6 Å². The number of aliphatic hydroxyl groups is 1. The number of carbonyl (C=O) groups is 5. The fourth-order valence-corrected chi connectivity index (χ4v) is 8.13. The van der Waals surface area contributed by atoms with Gasteiger partial charge in [0.15, 0.2) is 23.8 Å². The van der Waals surface area contributed by atoms with Crippen LogP contribution in [0.15, 0.2) is 36.1 Å². The van der Waals surface area contributed by atoms with Crippen LogP contribution in [0.5, 0.6) is 0 Å². The number of ether oxygens (including phenoxy) is 6. The number of rotatable bonds is 7. The van der Waals surface area contributed by atoms with Gasteiger partial charge >= 0.3 is 11.9 Å². The van der Waals surface area contributed by atoms with Crippen LogP contribution in [0.3, 0.4) is 0 Å². The van der Waals surface area contributed by atoms with E-state index in [0.717, 1.165) is 6.08 Å². The van der Waals surface area contributed by atoms with E-state index in [1.807, 2.05) is 13.8 Å². The van der Waals surface area contributed by atoms with Crippen molar-refractivity contribution in [1.82, 2.24) is 5.32 Å². The highest BCUT2D eigenvalue weighted by Crippen LogP contribution is 2.53. The lowest BCUT2D eigenvalue weighted by atomic mass is 9.78. The van der Waals surface area contributed by atoms with Gasteiger partial charge in [-0.2, -0.15) is 0 Å². The first-order chi connectivity index (χ1) is 25.0. The molecule has 53 heavy (non-hydrogen) atoms. The van der Waals surface area contributed by atoms with Gasteiger partial charge in [-0.05, 0) is 64.5 Å². The molecular weight excluding hydrogens is 686 g/mol. The molecule has 4 saturated heterocycles. The van der Waals surface area contributed by atoms with E-state index in [1.54, 1.807) is 25.2 Å². The molecule has 1 spiro atoms. The summed E-state index contributed by atoms with van der Waals surface area (Å²) < 4.78 is 37.4. The highest BCUT2D eigenvalue weighted by molar-refractivity contribution is 5.92. The summed E-state index contributed by atoms with van der Waals surface area (Å²) in [5, 5.41) is 14.5. The summed E-state index contributed by atoms with van der Waals surface area (Å²) >= 11 is 0. The average molecular weight is 744 g/mol. The molecular formula is C40H57NO12. The molecule has 7 heterocycles. The Balaban J connectivity index is 1.41. The molecule has 0 aromatic rings. The summed E-state index contributed by atoms with van der Waals surface area (Å²) in [4.78, 5) is 64.5. The van der Waals surface area contributed by atoms with Crippen LogP contribution in [-0.4, -0.2) is 94.2 Å².